The number of aryl methyl sites for hydroxylation is 1. The molecule has 0 radical (unpaired) electrons. The zero-order valence-corrected chi connectivity index (χ0v) is 16.1. The summed E-state index contributed by atoms with van der Waals surface area (Å²) in [5.41, 5.74) is 0.637. The molecular weight excluding hydrogens is 358 g/mol. The number of ether oxygens (including phenoxy) is 1. The number of rotatable bonds is 5. The van der Waals surface area contributed by atoms with Gasteiger partial charge in [0.15, 0.2) is 0 Å². The maximum Gasteiger partial charge on any atom is 0.328 e. The van der Waals surface area contributed by atoms with Crippen molar-refractivity contribution in [3.8, 4) is 0 Å². The van der Waals surface area contributed by atoms with Crippen LogP contribution < -0.4 is 5.56 Å². The highest BCUT2D eigenvalue weighted by Crippen LogP contribution is 2.35. The molecule has 1 saturated heterocycles. The lowest BCUT2D eigenvalue weighted by Gasteiger charge is -2.33. The number of fused-ring (bicyclic) bond motifs is 1. The number of para-hydroxylation sites is 1. The van der Waals surface area contributed by atoms with Crippen molar-refractivity contribution >= 4 is 22.8 Å². The van der Waals surface area contributed by atoms with Crippen LogP contribution >= 0.6 is 0 Å². The van der Waals surface area contributed by atoms with E-state index in [1.54, 1.807) is 15.5 Å². The number of nitrogens with zero attached hydrogens (tertiary/aromatic N) is 3. The number of piperidine rings is 1. The Kier molecular flexibility index (Phi) is 5.15. The second kappa shape index (κ2) is 7.73. The number of amides is 1. The first-order chi connectivity index (χ1) is 13.6. The van der Waals surface area contributed by atoms with E-state index in [2.05, 4.69) is 4.98 Å². The maximum atomic E-state index is 12.9. The standard InChI is InChI=1S/C21H25N3O4/c1-28-21(27)17-8-4-5-13-23(17)19(25)12-11-18-22-16-7-3-2-6-15(16)20(26)24(18)14-9-10-14/h2-3,6-7,14,17H,4-5,8-13H2,1H3. The average molecular weight is 383 g/mol. The number of hydrogen-bond acceptors (Lipinski definition) is 5. The molecule has 4 rings (SSSR count). The molecule has 1 aromatic heterocycles. The lowest BCUT2D eigenvalue weighted by atomic mass is 10.0. The van der Waals surface area contributed by atoms with Crippen LogP contribution in [0.15, 0.2) is 29.1 Å². The predicted octanol–water partition coefficient (Wildman–Crippen LogP) is 2.22. The van der Waals surface area contributed by atoms with E-state index in [0.717, 1.165) is 25.7 Å². The normalized spacial score (nSPS) is 19.6. The molecule has 2 aromatic rings. The molecule has 2 fully saturated rings. The van der Waals surface area contributed by atoms with Crippen LogP contribution in [-0.2, 0) is 20.7 Å². The van der Waals surface area contributed by atoms with Crippen LogP contribution in [-0.4, -0.2) is 46.0 Å². The van der Waals surface area contributed by atoms with Gasteiger partial charge in [0, 0.05) is 25.4 Å². The first kappa shape index (κ1) is 18.7. The molecule has 1 atom stereocenters. The largest absolute Gasteiger partial charge is 0.467 e. The molecule has 0 bridgehead atoms. The quantitative estimate of drug-likeness (QED) is 0.740. The fourth-order valence-electron chi connectivity index (χ4n) is 4.05. The van der Waals surface area contributed by atoms with E-state index >= 15 is 0 Å². The summed E-state index contributed by atoms with van der Waals surface area (Å²) in [5, 5.41) is 0.617. The van der Waals surface area contributed by atoms with Crippen molar-refractivity contribution in [1.29, 1.82) is 0 Å². The third-order valence-corrected chi connectivity index (χ3v) is 5.65. The van der Waals surface area contributed by atoms with Crippen LogP contribution in [0, 0.1) is 0 Å². The van der Waals surface area contributed by atoms with Gasteiger partial charge in [0.2, 0.25) is 5.91 Å². The summed E-state index contributed by atoms with van der Waals surface area (Å²) < 4.78 is 6.63. The van der Waals surface area contributed by atoms with Crippen molar-refractivity contribution in [3.63, 3.8) is 0 Å². The van der Waals surface area contributed by atoms with Crippen molar-refractivity contribution in [2.24, 2.45) is 0 Å². The number of methoxy groups -OCH3 is 1. The van der Waals surface area contributed by atoms with E-state index < -0.39 is 6.04 Å². The molecule has 1 amide bonds. The number of esters is 1. The van der Waals surface area contributed by atoms with Crippen LogP contribution in [0.1, 0.15) is 50.4 Å². The molecule has 7 nitrogen and oxygen atoms in total. The number of carbonyl (C=O) groups is 2. The summed E-state index contributed by atoms with van der Waals surface area (Å²) in [7, 11) is 1.35. The minimum absolute atomic E-state index is 0.0269. The highest BCUT2D eigenvalue weighted by atomic mass is 16.5. The number of hydrogen-bond donors (Lipinski definition) is 0. The highest BCUT2D eigenvalue weighted by molar-refractivity contribution is 5.85. The fourth-order valence-corrected chi connectivity index (χ4v) is 4.05. The first-order valence-electron chi connectivity index (χ1n) is 9.97. The second-order valence-corrected chi connectivity index (χ2v) is 7.57. The maximum absolute atomic E-state index is 12.9. The molecule has 1 unspecified atom stereocenters. The van der Waals surface area contributed by atoms with Gasteiger partial charge in [-0.1, -0.05) is 12.1 Å². The predicted molar refractivity (Wildman–Crippen MR) is 104 cm³/mol. The monoisotopic (exact) mass is 383 g/mol. The van der Waals surface area contributed by atoms with E-state index in [1.165, 1.54) is 7.11 Å². The Morgan fingerprint density at radius 3 is 2.71 bits per heavy atom. The van der Waals surface area contributed by atoms with E-state index in [4.69, 9.17) is 4.74 Å². The topological polar surface area (TPSA) is 81.5 Å². The van der Waals surface area contributed by atoms with Gasteiger partial charge in [-0.3, -0.25) is 14.2 Å². The molecule has 28 heavy (non-hydrogen) atoms. The van der Waals surface area contributed by atoms with Crippen molar-refractivity contribution < 1.29 is 14.3 Å². The second-order valence-electron chi connectivity index (χ2n) is 7.57. The number of aromatic nitrogens is 2. The minimum atomic E-state index is -0.499. The summed E-state index contributed by atoms with van der Waals surface area (Å²) in [6.45, 7) is 0.569. The Morgan fingerprint density at radius 2 is 1.96 bits per heavy atom. The average Bonchev–Trinajstić information content (AvgIpc) is 3.56. The molecule has 1 aliphatic carbocycles. The van der Waals surface area contributed by atoms with Gasteiger partial charge in [-0.25, -0.2) is 9.78 Å². The number of likely N-dealkylation sites (tertiary alicyclic amines) is 1. The van der Waals surface area contributed by atoms with Crippen molar-refractivity contribution in [2.75, 3.05) is 13.7 Å². The number of carbonyl (C=O) groups excluding carboxylic acids is 2. The zero-order valence-electron chi connectivity index (χ0n) is 16.1. The minimum Gasteiger partial charge on any atom is -0.467 e. The van der Waals surface area contributed by atoms with Crippen LogP contribution in [0.25, 0.3) is 10.9 Å². The van der Waals surface area contributed by atoms with Crippen molar-refractivity contribution in [2.45, 2.75) is 57.0 Å². The van der Waals surface area contributed by atoms with Gasteiger partial charge in [-0.05, 0) is 44.2 Å². The van der Waals surface area contributed by atoms with Crippen LogP contribution in [0.2, 0.25) is 0 Å². The molecule has 2 aliphatic rings. The van der Waals surface area contributed by atoms with Gasteiger partial charge in [0.25, 0.3) is 5.56 Å². The summed E-state index contributed by atoms with van der Waals surface area (Å²) in [5.74, 6) is 0.220. The molecule has 7 heteroatoms. The van der Waals surface area contributed by atoms with E-state index in [-0.39, 0.29) is 29.9 Å². The van der Waals surface area contributed by atoms with E-state index in [1.807, 2.05) is 18.2 Å². The van der Waals surface area contributed by atoms with Crippen LogP contribution in [0.3, 0.4) is 0 Å². The Bertz CT molecular complexity index is 964. The molecule has 2 heterocycles. The Balaban J connectivity index is 1.57. The van der Waals surface area contributed by atoms with Gasteiger partial charge in [0.1, 0.15) is 11.9 Å². The van der Waals surface area contributed by atoms with E-state index in [0.29, 0.717) is 36.1 Å². The summed E-state index contributed by atoms with van der Waals surface area (Å²) >= 11 is 0. The number of benzene rings is 1. The zero-order chi connectivity index (χ0) is 19.7. The molecule has 1 aliphatic heterocycles. The molecule has 0 spiro atoms. The fraction of sp³-hybridized carbons (Fsp3) is 0.524. The lowest BCUT2D eigenvalue weighted by Crippen LogP contribution is -2.48. The van der Waals surface area contributed by atoms with Gasteiger partial charge >= 0.3 is 5.97 Å². The van der Waals surface area contributed by atoms with Gasteiger partial charge in [-0.15, -0.1) is 0 Å². The van der Waals surface area contributed by atoms with Gasteiger partial charge in [0.05, 0.1) is 18.0 Å². The molecule has 148 valence electrons. The molecular formula is C21H25N3O4. The van der Waals surface area contributed by atoms with Gasteiger partial charge in [-0.2, -0.15) is 0 Å². The van der Waals surface area contributed by atoms with Crippen molar-refractivity contribution in [3.05, 3.63) is 40.4 Å². The Morgan fingerprint density at radius 1 is 1.18 bits per heavy atom. The van der Waals surface area contributed by atoms with Crippen molar-refractivity contribution in [1.82, 2.24) is 14.5 Å². The third-order valence-electron chi connectivity index (χ3n) is 5.65. The van der Waals surface area contributed by atoms with Gasteiger partial charge < -0.3 is 9.64 Å². The van der Waals surface area contributed by atoms with Crippen LogP contribution in [0.5, 0.6) is 0 Å². The lowest BCUT2D eigenvalue weighted by molar-refractivity contribution is -0.154. The Hall–Kier alpha value is -2.70. The molecule has 1 aromatic carbocycles. The summed E-state index contributed by atoms with van der Waals surface area (Å²) in [6.07, 6.45) is 5.00. The highest BCUT2D eigenvalue weighted by Gasteiger charge is 2.33. The third kappa shape index (κ3) is 3.53. The first-order valence-corrected chi connectivity index (χ1v) is 9.97. The molecule has 1 saturated carbocycles. The summed E-state index contributed by atoms with van der Waals surface area (Å²) in [4.78, 5) is 44.1. The molecule has 0 N–H and O–H groups in total. The van der Waals surface area contributed by atoms with E-state index in [9.17, 15) is 14.4 Å². The van der Waals surface area contributed by atoms with Crippen LogP contribution in [0.4, 0.5) is 0 Å². The Labute approximate surface area is 163 Å². The smallest absolute Gasteiger partial charge is 0.328 e. The summed E-state index contributed by atoms with van der Waals surface area (Å²) in [6, 6.07) is 7.02. The SMILES string of the molecule is COC(=O)C1CCCCN1C(=O)CCc1nc2ccccc2c(=O)n1C1CC1.